The minimum Gasteiger partial charge on any atom is -0.356 e. The van der Waals surface area contributed by atoms with E-state index >= 15 is 0 Å². The van der Waals surface area contributed by atoms with Gasteiger partial charge in [-0.2, -0.15) is 0 Å². The third-order valence-corrected chi connectivity index (χ3v) is 1.15. The molecule has 1 rings (SSSR count). The molecule has 0 saturated carbocycles. The molecule has 1 radical (unpaired) electrons. The van der Waals surface area contributed by atoms with Crippen LogP contribution in [-0.2, 0) is 4.79 Å². The van der Waals surface area contributed by atoms with Gasteiger partial charge < -0.3 is 5.32 Å². The second-order valence-electron chi connectivity index (χ2n) is 1.81. The number of nitrogens with one attached hydrogen (secondary N) is 1. The van der Waals surface area contributed by atoms with Crippen LogP contribution < -0.4 is 5.32 Å². The largest absolute Gasteiger partial charge is 0.356 e. The first-order valence-electron chi connectivity index (χ1n) is 2.66. The molecule has 1 heterocycles. The van der Waals surface area contributed by atoms with Crippen LogP contribution in [0.5, 0.6) is 0 Å². The molecule has 0 bridgehead atoms. The van der Waals surface area contributed by atoms with Gasteiger partial charge in [0, 0.05) is 64.4 Å². The topological polar surface area (TPSA) is 29.1 Å². The van der Waals surface area contributed by atoms with Crippen molar-refractivity contribution in [2.24, 2.45) is 0 Å². The Hall–Kier alpha value is 1.11. The van der Waals surface area contributed by atoms with Crippen LogP contribution in [0.3, 0.4) is 0 Å². The smallest absolute Gasteiger partial charge is 0.219 e. The van der Waals surface area contributed by atoms with Gasteiger partial charge in [0.25, 0.3) is 0 Å². The molecule has 0 aromatic carbocycles. The standard InChI is InChI=1S/C5H9NO.K/c7-5-3-1-2-4-6-5;/h1-4H2,(H,6,7);. The van der Waals surface area contributed by atoms with Gasteiger partial charge >= 0.3 is 0 Å². The average molecular weight is 138 g/mol. The summed E-state index contributed by atoms with van der Waals surface area (Å²) in [6.45, 7) is 0.888. The summed E-state index contributed by atoms with van der Waals surface area (Å²) in [7, 11) is 0. The van der Waals surface area contributed by atoms with Crippen LogP contribution in [0, 0.1) is 0 Å². The number of hydrogen-bond acceptors (Lipinski definition) is 1. The molecule has 0 aromatic heterocycles. The molecule has 0 atom stereocenters. The second kappa shape index (κ2) is 4.94. The van der Waals surface area contributed by atoms with E-state index in [4.69, 9.17) is 0 Å². The van der Waals surface area contributed by atoms with E-state index in [0.29, 0.717) is 0 Å². The van der Waals surface area contributed by atoms with Crippen LogP contribution in [-0.4, -0.2) is 63.8 Å². The molecular weight excluding hydrogens is 129 g/mol. The van der Waals surface area contributed by atoms with Gasteiger partial charge in [-0.25, -0.2) is 0 Å². The van der Waals surface area contributed by atoms with E-state index in [1.54, 1.807) is 0 Å². The van der Waals surface area contributed by atoms with E-state index in [2.05, 4.69) is 5.32 Å². The van der Waals surface area contributed by atoms with Gasteiger partial charge in [-0.15, -0.1) is 0 Å². The summed E-state index contributed by atoms with van der Waals surface area (Å²) in [5.41, 5.74) is 0. The maximum absolute atomic E-state index is 10.4. The van der Waals surface area contributed by atoms with Crippen LogP contribution >= 0.6 is 0 Å². The predicted octanol–water partition coefficient (Wildman–Crippen LogP) is -0.0943. The first kappa shape index (κ1) is 9.11. The molecule has 2 nitrogen and oxygen atoms in total. The summed E-state index contributed by atoms with van der Waals surface area (Å²) in [6, 6.07) is 0. The number of hydrogen-bond donors (Lipinski definition) is 1. The van der Waals surface area contributed by atoms with Crippen molar-refractivity contribution in [2.75, 3.05) is 6.54 Å². The Labute approximate surface area is 91.8 Å². The SMILES string of the molecule is O=C1CCCCN1.[K]. The van der Waals surface area contributed by atoms with E-state index in [9.17, 15) is 4.79 Å². The summed E-state index contributed by atoms with van der Waals surface area (Å²) >= 11 is 0. The summed E-state index contributed by atoms with van der Waals surface area (Å²) < 4.78 is 0. The molecule has 41 valence electrons. The molecular formula is C5H9KNO. The molecule has 1 fully saturated rings. The fourth-order valence-electron chi connectivity index (χ4n) is 0.727. The summed E-state index contributed by atoms with van der Waals surface area (Å²) in [6.07, 6.45) is 2.97. The Morgan fingerprint density at radius 1 is 1.38 bits per heavy atom. The summed E-state index contributed by atoms with van der Waals surface area (Å²) in [5, 5.41) is 2.74. The van der Waals surface area contributed by atoms with Gasteiger partial charge in [-0.1, -0.05) is 0 Å². The van der Waals surface area contributed by atoms with Crippen LogP contribution in [0.15, 0.2) is 0 Å². The van der Waals surface area contributed by atoms with Crippen molar-refractivity contribution in [1.82, 2.24) is 5.32 Å². The number of amides is 1. The maximum Gasteiger partial charge on any atom is 0.219 e. The second-order valence-corrected chi connectivity index (χ2v) is 1.81. The van der Waals surface area contributed by atoms with Gasteiger partial charge in [0.15, 0.2) is 0 Å². The molecule has 1 N–H and O–H groups in total. The molecule has 0 aromatic rings. The molecule has 3 heteroatoms. The minimum absolute atomic E-state index is 0. The molecule has 8 heavy (non-hydrogen) atoms. The first-order chi connectivity index (χ1) is 3.39. The molecule has 1 aliphatic heterocycles. The predicted molar refractivity (Wildman–Crippen MR) is 32.6 cm³/mol. The number of carbonyl (C=O) groups excluding carboxylic acids is 1. The Balaban J connectivity index is 0.000000490. The third-order valence-electron chi connectivity index (χ3n) is 1.15. The van der Waals surface area contributed by atoms with E-state index < -0.39 is 0 Å². The molecule has 1 aliphatic rings. The van der Waals surface area contributed by atoms with E-state index in [-0.39, 0.29) is 57.3 Å². The molecule has 0 spiro atoms. The zero-order valence-electron chi connectivity index (χ0n) is 5.24. The van der Waals surface area contributed by atoms with E-state index in [0.717, 1.165) is 25.8 Å². The number of piperidine rings is 1. The van der Waals surface area contributed by atoms with Crippen molar-refractivity contribution >= 4 is 57.3 Å². The molecule has 0 aliphatic carbocycles. The Kier molecular flexibility index (Phi) is 5.62. The third kappa shape index (κ3) is 3.20. The van der Waals surface area contributed by atoms with Crippen molar-refractivity contribution in [3.8, 4) is 0 Å². The van der Waals surface area contributed by atoms with Gasteiger partial charge in [0.05, 0.1) is 0 Å². The average Bonchev–Trinajstić information content (AvgIpc) is 1.69. The number of rotatable bonds is 0. The minimum atomic E-state index is 0. The zero-order valence-corrected chi connectivity index (χ0v) is 8.36. The normalized spacial score (nSPS) is 18.8. The monoisotopic (exact) mass is 138 g/mol. The van der Waals surface area contributed by atoms with Crippen LogP contribution in [0.2, 0.25) is 0 Å². The van der Waals surface area contributed by atoms with Gasteiger partial charge in [-0.3, -0.25) is 4.79 Å². The van der Waals surface area contributed by atoms with E-state index in [1.165, 1.54) is 0 Å². The van der Waals surface area contributed by atoms with Gasteiger partial charge in [0.1, 0.15) is 0 Å². The molecule has 1 amide bonds. The van der Waals surface area contributed by atoms with Crippen molar-refractivity contribution in [3.05, 3.63) is 0 Å². The van der Waals surface area contributed by atoms with Crippen LogP contribution in [0.4, 0.5) is 0 Å². The van der Waals surface area contributed by atoms with Crippen molar-refractivity contribution in [2.45, 2.75) is 19.3 Å². The van der Waals surface area contributed by atoms with E-state index in [1.807, 2.05) is 0 Å². The van der Waals surface area contributed by atoms with Gasteiger partial charge in [0.2, 0.25) is 5.91 Å². The van der Waals surface area contributed by atoms with Crippen molar-refractivity contribution in [3.63, 3.8) is 0 Å². The van der Waals surface area contributed by atoms with Crippen LogP contribution in [0.25, 0.3) is 0 Å². The Morgan fingerprint density at radius 2 is 2.12 bits per heavy atom. The fraction of sp³-hybridized carbons (Fsp3) is 0.800. The van der Waals surface area contributed by atoms with Gasteiger partial charge in [-0.05, 0) is 12.8 Å². The Morgan fingerprint density at radius 3 is 2.38 bits per heavy atom. The molecule has 1 saturated heterocycles. The summed E-state index contributed by atoms with van der Waals surface area (Å²) in [5.74, 6) is 0.214. The maximum atomic E-state index is 10.4. The van der Waals surface area contributed by atoms with Crippen molar-refractivity contribution in [1.29, 1.82) is 0 Å². The fourth-order valence-corrected chi connectivity index (χ4v) is 0.727. The Bertz CT molecular complexity index is 76.5. The first-order valence-corrected chi connectivity index (χ1v) is 2.66. The van der Waals surface area contributed by atoms with Crippen LogP contribution in [0.1, 0.15) is 19.3 Å². The quantitative estimate of drug-likeness (QED) is 0.466. The van der Waals surface area contributed by atoms with Crippen molar-refractivity contribution < 1.29 is 4.79 Å². The molecule has 0 unspecified atom stereocenters. The number of carbonyl (C=O) groups is 1. The zero-order chi connectivity index (χ0) is 5.11. The summed E-state index contributed by atoms with van der Waals surface area (Å²) in [4.78, 5) is 10.4.